The van der Waals surface area contributed by atoms with Gasteiger partial charge < -0.3 is 34.5 Å². The van der Waals surface area contributed by atoms with Crippen LogP contribution in [0.1, 0.15) is 67.9 Å². The molecule has 1 fully saturated rings. The predicted molar refractivity (Wildman–Crippen MR) is 210 cm³/mol. The fourth-order valence-corrected chi connectivity index (χ4v) is 7.41. The zero-order valence-corrected chi connectivity index (χ0v) is 32.3. The minimum atomic E-state index is -1.25. The van der Waals surface area contributed by atoms with Gasteiger partial charge >= 0.3 is 5.97 Å². The summed E-state index contributed by atoms with van der Waals surface area (Å²) in [4.78, 5) is 59.1. The van der Waals surface area contributed by atoms with Crippen LogP contribution in [0.4, 0.5) is 10.1 Å². The van der Waals surface area contributed by atoms with Crippen LogP contribution >= 0.6 is 0 Å². The summed E-state index contributed by atoms with van der Waals surface area (Å²) < 4.78 is 21.6. The highest BCUT2D eigenvalue weighted by Gasteiger charge is 2.32. The minimum Gasteiger partial charge on any atom is -0.464 e. The van der Waals surface area contributed by atoms with E-state index in [1.165, 1.54) is 12.1 Å². The van der Waals surface area contributed by atoms with Crippen LogP contribution in [0.3, 0.4) is 0 Å². The van der Waals surface area contributed by atoms with Gasteiger partial charge in [-0.2, -0.15) is 0 Å². The molecule has 1 saturated heterocycles. The maximum atomic E-state index is 14.3. The van der Waals surface area contributed by atoms with Crippen molar-refractivity contribution in [3.05, 3.63) is 122 Å². The molecule has 5 rings (SSSR count). The summed E-state index contributed by atoms with van der Waals surface area (Å²) in [5.74, 6) is -1.65. The molecular formula is C41H48FN5O11. The quantitative estimate of drug-likeness (QED) is 0.0502. The molecule has 0 spiro atoms. The summed E-state index contributed by atoms with van der Waals surface area (Å²) in [6.45, 7) is 3.83. The monoisotopic (exact) mass is 805 g/mol. The van der Waals surface area contributed by atoms with Gasteiger partial charge in [0, 0.05) is 36.1 Å². The molecule has 1 aliphatic heterocycles. The van der Waals surface area contributed by atoms with Gasteiger partial charge in [-0.05, 0) is 85.7 Å². The standard InChI is InChI=1S/C41H48FN5O11/c1-27(2)39-38(41(51)43-31-12-7-4-8-13-31)37(28-10-5-3-6-11-28)40(29-15-17-30(42)18-16-29)45(39)21-19-33(48)22-34(49)23-36(50)56-25-32-14-9-20-44(32)24-35(58-47(54)55)26-57-46(52)53/h3-8,10-13,15-18,27,32-35,48-49H,9,14,19-26H2,1-2H3,(H,43,51)/t32-,33+,34+,35+/m0/s1. The molecule has 0 aliphatic carbocycles. The second-order valence-electron chi connectivity index (χ2n) is 14.5. The summed E-state index contributed by atoms with van der Waals surface area (Å²) in [6, 6.07) is 24.2. The van der Waals surface area contributed by atoms with Crippen molar-refractivity contribution in [2.24, 2.45) is 0 Å². The molecule has 1 aliphatic rings. The number of hydrogen-bond donors (Lipinski definition) is 3. The topological polar surface area (TPSA) is 209 Å². The Morgan fingerprint density at radius 1 is 0.931 bits per heavy atom. The molecule has 4 atom stereocenters. The Hall–Kier alpha value is -5.91. The molecule has 3 aromatic carbocycles. The number of aliphatic hydroxyl groups excluding tert-OH is 2. The van der Waals surface area contributed by atoms with Crippen molar-refractivity contribution >= 4 is 17.6 Å². The second kappa shape index (κ2) is 20.5. The third-order valence-corrected chi connectivity index (χ3v) is 9.90. The zero-order chi connectivity index (χ0) is 41.8. The molecule has 2 heterocycles. The SMILES string of the molecule is CC(C)c1c(C(=O)Nc2ccccc2)c(-c2ccccc2)c(-c2ccc(F)cc2)n1CC[C@@H](O)C[C@@H](O)CC(=O)OC[C@@H]1CCCN1C[C@H](CO[N+](=O)[O-])O[N+](=O)[O-]. The van der Waals surface area contributed by atoms with E-state index in [0.29, 0.717) is 53.2 Å². The largest absolute Gasteiger partial charge is 0.464 e. The minimum absolute atomic E-state index is 0.0688. The highest BCUT2D eigenvalue weighted by atomic mass is 19.1. The number of halogens is 1. The molecule has 17 heteroatoms. The van der Waals surface area contributed by atoms with Crippen molar-refractivity contribution in [3.63, 3.8) is 0 Å². The first kappa shape index (κ1) is 43.2. The number of nitrogens with zero attached hydrogens (tertiary/aromatic N) is 4. The Bertz CT molecular complexity index is 2000. The number of amides is 1. The number of carbonyl (C=O) groups excluding carboxylic acids is 2. The lowest BCUT2D eigenvalue weighted by Crippen LogP contribution is -2.42. The zero-order valence-electron chi connectivity index (χ0n) is 32.3. The van der Waals surface area contributed by atoms with Gasteiger partial charge in [-0.15, -0.1) is 20.2 Å². The van der Waals surface area contributed by atoms with Gasteiger partial charge in [0.05, 0.1) is 29.9 Å². The molecule has 0 unspecified atom stereocenters. The van der Waals surface area contributed by atoms with Gasteiger partial charge in [-0.25, -0.2) is 4.39 Å². The van der Waals surface area contributed by atoms with Crippen LogP contribution in [0, 0.1) is 26.0 Å². The maximum Gasteiger partial charge on any atom is 0.308 e. The average molecular weight is 806 g/mol. The van der Waals surface area contributed by atoms with Gasteiger partial charge in [-0.3, -0.25) is 14.5 Å². The number of aromatic nitrogens is 1. The molecule has 58 heavy (non-hydrogen) atoms. The van der Waals surface area contributed by atoms with Gasteiger partial charge in [0.2, 0.25) is 0 Å². The fourth-order valence-electron chi connectivity index (χ4n) is 7.41. The van der Waals surface area contributed by atoms with Gasteiger partial charge in [0.25, 0.3) is 16.1 Å². The van der Waals surface area contributed by atoms with E-state index >= 15 is 0 Å². The molecule has 0 bridgehead atoms. The molecule has 1 aromatic heterocycles. The summed E-state index contributed by atoms with van der Waals surface area (Å²) in [5.41, 5.74) is 4.48. The molecule has 310 valence electrons. The van der Waals surface area contributed by atoms with E-state index in [0.717, 1.165) is 5.56 Å². The van der Waals surface area contributed by atoms with E-state index in [1.54, 1.807) is 29.2 Å². The average Bonchev–Trinajstić information content (AvgIpc) is 3.78. The van der Waals surface area contributed by atoms with E-state index in [4.69, 9.17) is 4.74 Å². The summed E-state index contributed by atoms with van der Waals surface area (Å²) in [6.07, 6.45) is -2.71. The van der Waals surface area contributed by atoms with E-state index in [2.05, 4.69) is 15.0 Å². The Morgan fingerprint density at radius 3 is 2.24 bits per heavy atom. The van der Waals surface area contributed by atoms with Gasteiger partial charge in [-0.1, -0.05) is 62.4 Å². The van der Waals surface area contributed by atoms with Crippen LogP contribution in [-0.2, 0) is 25.8 Å². The van der Waals surface area contributed by atoms with Crippen LogP contribution in [0.25, 0.3) is 22.4 Å². The molecule has 0 saturated carbocycles. The van der Waals surface area contributed by atoms with E-state index in [1.807, 2.05) is 66.9 Å². The van der Waals surface area contributed by atoms with Crippen molar-refractivity contribution in [1.82, 2.24) is 9.47 Å². The smallest absolute Gasteiger partial charge is 0.308 e. The first-order valence-electron chi connectivity index (χ1n) is 19.1. The number of carbonyl (C=O) groups is 2. The number of ether oxygens (including phenoxy) is 1. The lowest BCUT2D eigenvalue weighted by atomic mass is 9.94. The highest BCUT2D eigenvalue weighted by Crippen LogP contribution is 2.42. The summed E-state index contributed by atoms with van der Waals surface area (Å²) in [7, 11) is 0. The molecule has 3 N–H and O–H groups in total. The van der Waals surface area contributed by atoms with Crippen LogP contribution in [-0.4, -0.2) is 92.4 Å². The van der Waals surface area contributed by atoms with E-state index in [-0.39, 0.29) is 50.4 Å². The van der Waals surface area contributed by atoms with Crippen LogP contribution < -0.4 is 5.32 Å². The number of rotatable bonds is 21. The van der Waals surface area contributed by atoms with Crippen LogP contribution in [0.15, 0.2) is 84.9 Å². The Labute approximate surface area is 334 Å². The van der Waals surface area contributed by atoms with E-state index < -0.39 is 53.3 Å². The molecular weight excluding hydrogens is 757 g/mol. The molecule has 1 amide bonds. The lowest BCUT2D eigenvalue weighted by molar-refractivity contribution is -0.789. The Morgan fingerprint density at radius 2 is 1.60 bits per heavy atom. The first-order valence-corrected chi connectivity index (χ1v) is 19.1. The molecule has 0 radical (unpaired) electrons. The van der Waals surface area contributed by atoms with Gasteiger partial charge in [0.1, 0.15) is 25.1 Å². The Kier molecular flexibility index (Phi) is 15.3. The number of benzene rings is 3. The van der Waals surface area contributed by atoms with Crippen LogP contribution in [0.5, 0.6) is 0 Å². The Balaban J connectivity index is 1.30. The van der Waals surface area contributed by atoms with Crippen molar-refractivity contribution in [1.29, 1.82) is 0 Å². The number of anilines is 1. The van der Waals surface area contributed by atoms with Gasteiger partial charge in [0.15, 0.2) is 0 Å². The third-order valence-electron chi connectivity index (χ3n) is 9.90. The van der Waals surface area contributed by atoms with Crippen molar-refractivity contribution in [2.75, 3.05) is 31.6 Å². The second-order valence-corrected chi connectivity index (χ2v) is 14.5. The van der Waals surface area contributed by atoms with E-state index in [9.17, 15) is 44.4 Å². The first-order chi connectivity index (χ1) is 27.8. The number of likely N-dealkylation sites (tertiary alicyclic amines) is 1. The fraction of sp³-hybridized carbons (Fsp3) is 0.415. The lowest BCUT2D eigenvalue weighted by Gasteiger charge is -2.27. The molecule has 16 nitrogen and oxygen atoms in total. The predicted octanol–water partition coefficient (Wildman–Crippen LogP) is 6.02. The van der Waals surface area contributed by atoms with Crippen molar-refractivity contribution in [2.45, 2.75) is 82.8 Å². The summed E-state index contributed by atoms with van der Waals surface area (Å²) >= 11 is 0. The number of esters is 1. The normalized spacial score (nSPS) is 15.7. The van der Waals surface area contributed by atoms with Crippen molar-refractivity contribution in [3.8, 4) is 22.4 Å². The maximum absolute atomic E-state index is 14.3. The summed E-state index contributed by atoms with van der Waals surface area (Å²) in [5, 5.41) is 44.4. The highest BCUT2D eigenvalue weighted by molar-refractivity contribution is 6.12. The number of para-hydroxylation sites is 1. The number of nitrogens with one attached hydrogen (secondary N) is 1. The van der Waals surface area contributed by atoms with Crippen molar-refractivity contribution < 1.29 is 48.8 Å². The molecule has 4 aromatic rings. The van der Waals surface area contributed by atoms with Crippen LogP contribution in [0.2, 0.25) is 0 Å². The number of aliphatic hydroxyl groups is 2. The number of hydrogen-bond acceptors (Lipinski definition) is 12. The third kappa shape index (κ3) is 11.8.